The lowest BCUT2D eigenvalue weighted by Crippen LogP contribution is -2.30. The van der Waals surface area contributed by atoms with Crippen LogP contribution in [0.15, 0.2) is 43.1 Å². The molecule has 82 valence electrons. The van der Waals surface area contributed by atoms with E-state index < -0.39 is 0 Å². The third kappa shape index (κ3) is 1.98. The van der Waals surface area contributed by atoms with Crippen molar-refractivity contribution < 1.29 is 4.79 Å². The van der Waals surface area contributed by atoms with E-state index >= 15 is 0 Å². The number of hydrogen-bond donors (Lipinski definition) is 2. The lowest BCUT2D eigenvalue weighted by atomic mass is 10.1. The van der Waals surface area contributed by atoms with E-state index in [0.717, 1.165) is 10.9 Å². The van der Waals surface area contributed by atoms with Crippen LogP contribution in [0, 0.1) is 0 Å². The molecular weight excluding hydrogens is 200 g/mol. The van der Waals surface area contributed by atoms with Gasteiger partial charge in [0, 0.05) is 23.3 Å². The Balaban J connectivity index is 2.25. The maximum atomic E-state index is 11.8. The fraction of sp³-hybridized carbons (Fsp3) is 0.154. The first-order valence-corrected chi connectivity index (χ1v) is 5.21. The highest BCUT2D eigenvalue weighted by Gasteiger charge is 2.08. The number of rotatable bonds is 3. The van der Waals surface area contributed by atoms with Crippen molar-refractivity contribution in [2.75, 3.05) is 0 Å². The fourth-order valence-electron chi connectivity index (χ4n) is 1.54. The van der Waals surface area contributed by atoms with Gasteiger partial charge in [-0.3, -0.25) is 4.79 Å². The van der Waals surface area contributed by atoms with Crippen molar-refractivity contribution in [3.63, 3.8) is 0 Å². The fourth-order valence-corrected chi connectivity index (χ4v) is 1.54. The van der Waals surface area contributed by atoms with E-state index in [0.29, 0.717) is 5.56 Å². The summed E-state index contributed by atoms with van der Waals surface area (Å²) >= 11 is 0. The highest BCUT2D eigenvalue weighted by molar-refractivity contribution is 5.98. The monoisotopic (exact) mass is 214 g/mol. The molecule has 1 heterocycles. The van der Waals surface area contributed by atoms with Crippen LogP contribution in [-0.2, 0) is 0 Å². The van der Waals surface area contributed by atoms with E-state index in [4.69, 9.17) is 0 Å². The summed E-state index contributed by atoms with van der Waals surface area (Å²) in [6, 6.07) is 7.55. The van der Waals surface area contributed by atoms with Gasteiger partial charge in [-0.05, 0) is 30.5 Å². The van der Waals surface area contributed by atoms with Crippen molar-refractivity contribution in [1.82, 2.24) is 10.3 Å². The second kappa shape index (κ2) is 4.23. The molecule has 1 aromatic carbocycles. The molecule has 1 unspecified atom stereocenters. The van der Waals surface area contributed by atoms with Gasteiger partial charge in [0.05, 0.1) is 0 Å². The van der Waals surface area contributed by atoms with E-state index in [2.05, 4.69) is 16.9 Å². The minimum absolute atomic E-state index is 0.0214. The average Bonchev–Trinajstić information content (AvgIpc) is 2.75. The molecule has 2 rings (SSSR count). The van der Waals surface area contributed by atoms with E-state index in [1.807, 2.05) is 37.4 Å². The molecule has 1 atom stereocenters. The van der Waals surface area contributed by atoms with Gasteiger partial charge >= 0.3 is 0 Å². The molecule has 16 heavy (non-hydrogen) atoms. The highest BCUT2D eigenvalue weighted by atomic mass is 16.1. The topological polar surface area (TPSA) is 44.9 Å². The Kier molecular flexibility index (Phi) is 2.77. The quantitative estimate of drug-likeness (QED) is 0.757. The zero-order valence-electron chi connectivity index (χ0n) is 9.16. The molecule has 2 aromatic rings. The number of benzene rings is 1. The van der Waals surface area contributed by atoms with Gasteiger partial charge < -0.3 is 10.3 Å². The van der Waals surface area contributed by atoms with Crippen molar-refractivity contribution >= 4 is 16.8 Å². The number of carbonyl (C=O) groups is 1. The maximum absolute atomic E-state index is 11.8. The van der Waals surface area contributed by atoms with Crippen LogP contribution in [0.3, 0.4) is 0 Å². The van der Waals surface area contributed by atoms with Crippen LogP contribution in [-0.4, -0.2) is 16.9 Å². The molecule has 1 amide bonds. The zero-order chi connectivity index (χ0) is 11.5. The Labute approximate surface area is 94.2 Å². The molecule has 0 aliphatic heterocycles. The number of hydrogen-bond acceptors (Lipinski definition) is 1. The number of nitrogens with one attached hydrogen (secondary N) is 2. The second-order valence-corrected chi connectivity index (χ2v) is 3.78. The summed E-state index contributed by atoms with van der Waals surface area (Å²) in [6.45, 7) is 5.52. The summed E-state index contributed by atoms with van der Waals surface area (Å²) in [5.74, 6) is -0.0797. The maximum Gasteiger partial charge on any atom is 0.251 e. The largest absolute Gasteiger partial charge is 0.361 e. The van der Waals surface area contributed by atoms with Crippen LogP contribution in [0.4, 0.5) is 0 Å². The standard InChI is InChI=1S/C13H14N2O/c1-3-9(2)15-13(16)11-5-4-10-6-7-14-12(10)8-11/h3-9,14H,1H2,2H3,(H,15,16). The summed E-state index contributed by atoms with van der Waals surface area (Å²) < 4.78 is 0. The third-order valence-electron chi connectivity index (χ3n) is 2.53. The SMILES string of the molecule is C=CC(C)NC(=O)c1ccc2cc[nH]c2c1. The van der Waals surface area contributed by atoms with Crippen LogP contribution in [0.25, 0.3) is 10.9 Å². The van der Waals surface area contributed by atoms with Gasteiger partial charge in [-0.15, -0.1) is 6.58 Å². The lowest BCUT2D eigenvalue weighted by molar-refractivity contribution is 0.0947. The van der Waals surface area contributed by atoms with Crippen molar-refractivity contribution in [2.45, 2.75) is 13.0 Å². The van der Waals surface area contributed by atoms with Gasteiger partial charge in [0.15, 0.2) is 0 Å². The minimum Gasteiger partial charge on any atom is -0.361 e. The van der Waals surface area contributed by atoms with Crippen LogP contribution in [0.2, 0.25) is 0 Å². The summed E-state index contributed by atoms with van der Waals surface area (Å²) in [7, 11) is 0. The van der Waals surface area contributed by atoms with Crippen LogP contribution in [0.5, 0.6) is 0 Å². The summed E-state index contributed by atoms with van der Waals surface area (Å²) in [5.41, 5.74) is 1.63. The van der Waals surface area contributed by atoms with Crippen LogP contribution in [0.1, 0.15) is 17.3 Å². The van der Waals surface area contributed by atoms with E-state index in [-0.39, 0.29) is 11.9 Å². The van der Waals surface area contributed by atoms with Crippen LogP contribution < -0.4 is 5.32 Å². The third-order valence-corrected chi connectivity index (χ3v) is 2.53. The predicted molar refractivity (Wildman–Crippen MR) is 65.4 cm³/mol. The Hall–Kier alpha value is -2.03. The highest BCUT2D eigenvalue weighted by Crippen LogP contribution is 2.14. The molecule has 0 saturated heterocycles. The molecule has 0 bridgehead atoms. The van der Waals surface area contributed by atoms with Gasteiger partial charge in [-0.1, -0.05) is 12.1 Å². The van der Waals surface area contributed by atoms with Crippen LogP contribution >= 0.6 is 0 Å². The van der Waals surface area contributed by atoms with Crippen molar-refractivity contribution in [3.8, 4) is 0 Å². The molecular formula is C13H14N2O. The van der Waals surface area contributed by atoms with Crippen molar-refractivity contribution in [3.05, 3.63) is 48.7 Å². The van der Waals surface area contributed by atoms with Crippen molar-refractivity contribution in [1.29, 1.82) is 0 Å². The Morgan fingerprint density at radius 2 is 2.31 bits per heavy atom. The molecule has 3 nitrogen and oxygen atoms in total. The molecule has 0 aliphatic rings. The van der Waals surface area contributed by atoms with E-state index in [9.17, 15) is 4.79 Å². The Morgan fingerprint density at radius 3 is 3.06 bits per heavy atom. The van der Waals surface area contributed by atoms with Gasteiger partial charge in [-0.2, -0.15) is 0 Å². The predicted octanol–water partition coefficient (Wildman–Crippen LogP) is 2.47. The molecule has 0 aliphatic carbocycles. The molecule has 0 spiro atoms. The average molecular weight is 214 g/mol. The smallest absolute Gasteiger partial charge is 0.251 e. The minimum atomic E-state index is -0.0797. The molecule has 0 radical (unpaired) electrons. The first-order chi connectivity index (χ1) is 7.70. The van der Waals surface area contributed by atoms with Gasteiger partial charge in [0.1, 0.15) is 0 Å². The Morgan fingerprint density at radius 1 is 1.50 bits per heavy atom. The number of carbonyl (C=O) groups excluding carboxylic acids is 1. The normalized spacial score (nSPS) is 12.3. The summed E-state index contributed by atoms with van der Waals surface area (Å²) in [5, 5.41) is 3.94. The first-order valence-electron chi connectivity index (χ1n) is 5.21. The van der Waals surface area contributed by atoms with E-state index in [1.54, 1.807) is 6.08 Å². The summed E-state index contributed by atoms with van der Waals surface area (Å²) in [4.78, 5) is 14.9. The number of H-pyrrole nitrogens is 1. The van der Waals surface area contributed by atoms with Crippen molar-refractivity contribution in [2.24, 2.45) is 0 Å². The number of fused-ring (bicyclic) bond motifs is 1. The second-order valence-electron chi connectivity index (χ2n) is 3.78. The molecule has 3 heteroatoms. The van der Waals surface area contributed by atoms with E-state index in [1.165, 1.54) is 0 Å². The number of amides is 1. The number of aromatic amines is 1. The lowest BCUT2D eigenvalue weighted by Gasteiger charge is -2.08. The Bertz CT molecular complexity index is 527. The molecule has 0 saturated carbocycles. The van der Waals surface area contributed by atoms with Gasteiger partial charge in [0.25, 0.3) is 5.91 Å². The molecule has 1 aromatic heterocycles. The van der Waals surface area contributed by atoms with Gasteiger partial charge in [-0.25, -0.2) is 0 Å². The zero-order valence-corrected chi connectivity index (χ0v) is 9.16. The van der Waals surface area contributed by atoms with Gasteiger partial charge in [0.2, 0.25) is 0 Å². The first kappa shape index (κ1) is 10.5. The number of aromatic nitrogens is 1. The molecule has 2 N–H and O–H groups in total. The molecule has 0 fully saturated rings. The summed E-state index contributed by atoms with van der Waals surface area (Å²) in [6.07, 6.45) is 3.56.